The third-order valence-electron chi connectivity index (χ3n) is 3.03. The first-order chi connectivity index (χ1) is 9.69. The van der Waals surface area contributed by atoms with E-state index in [2.05, 4.69) is 22.5 Å². The summed E-state index contributed by atoms with van der Waals surface area (Å²) in [6.45, 7) is 3.71. The third kappa shape index (κ3) is 3.83. The Hall–Kier alpha value is -2.34. The third-order valence-corrected chi connectivity index (χ3v) is 3.03. The first-order valence-corrected chi connectivity index (χ1v) is 6.46. The van der Waals surface area contributed by atoms with Gasteiger partial charge >= 0.3 is 0 Å². The average molecular weight is 273 g/mol. The van der Waals surface area contributed by atoms with E-state index in [1.807, 2.05) is 41.2 Å². The fraction of sp³-hybridized carbons (Fsp3) is 0.286. The van der Waals surface area contributed by atoms with Crippen LogP contribution in [0.5, 0.6) is 0 Å². The highest BCUT2D eigenvalue weighted by molar-refractivity contribution is 5.96. The van der Waals surface area contributed by atoms with Crippen molar-refractivity contribution in [2.24, 2.45) is 10.9 Å². The summed E-state index contributed by atoms with van der Waals surface area (Å²) >= 11 is 0. The van der Waals surface area contributed by atoms with Gasteiger partial charge in [0.15, 0.2) is 5.84 Å². The predicted octanol–water partition coefficient (Wildman–Crippen LogP) is 1.16. The maximum Gasteiger partial charge on any atom is 0.170 e. The molecule has 20 heavy (non-hydrogen) atoms. The normalized spacial score (nSPS) is 13.3. The van der Waals surface area contributed by atoms with Crippen molar-refractivity contribution in [3.63, 3.8) is 0 Å². The van der Waals surface area contributed by atoms with Crippen LogP contribution in [0.25, 0.3) is 0 Å². The topological polar surface area (TPSA) is 88.5 Å². The van der Waals surface area contributed by atoms with Crippen LogP contribution in [0.1, 0.15) is 18.1 Å². The summed E-state index contributed by atoms with van der Waals surface area (Å²) < 4.78 is 1.90. The van der Waals surface area contributed by atoms with Crippen LogP contribution in [0.4, 0.5) is 0 Å². The second-order valence-corrected chi connectivity index (χ2v) is 4.69. The number of nitrogens with one attached hydrogen (secondary N) is 1. The first kappa shape index (κ1) is 14.1. The smallest absolute Gasteiger partial charge is 0.170 e. The zero-order chi connectivity index (χ0) is 14.4. The average Bonchev–Trinajstić information content (AvgIpc) is 2.97. The van der Waals surface area contributed by atoms with Crippen molar-refractivity contribution in [2.45, 2.75) is 26.1 Å². The Morgan fingerprint density at radius 1 is 1.45 bits per heavy atom. The molecule has 6 heteroatoms. The van der Waals surface area contributed by atoms with Gasteiger partial charge in [-0.1, -0.05) is 29.4 Å². The zero-order valence-corrected chi connectivity index (χ0v) is 11.4. The molecule has 1 aromatic heterocycles. The molecule has 0 amide bonds. The van der Waals surface area contributed by atoms with E-state index >= 15 is 0 Å². The summed E-state index contributed by atoms with van der Waals surface area (Å²) in [6, 6.07) is 9.83. The summed E-state index contributed by atoms with van der Waals surface area (Å²) in [6.07, 6.45) is 3.72. The van der Waals surface area contributed by atoms with E-state index < -0.39 is 0 Å². The molecule has 0 aliphatic rings. The number of aromatic nitrogens is 2. The summed E-state index contributed by atoms with van der Waals surface area (Å²) in [7, 11) is 0. The molecule has 2 aromatic rings. The lowest BCUT2D eigenvalue weighted by molar-refractivity contribution is 0.318. The van der Waals surface area contributed by atoms with E-state index in [0.717, 1.165) is 18.7 Å². The Morgan fingerprint density at radius 2 is 2.20 bits per heavy atom. The van der Waals surface area contributed by atoms with Crippen LogP contribution in [-0.4, -0.2) is 26.9 Å². The molecule has 1 unspecified atom stereocenters. The number of rotatable bonds is 6. The minimum absolute atomic E-state index is 0.122. The lowest BCUT2D eigenvalue weighted by atomic mass is 10.1. The highest BCUT2D eigenvalue weighted by atomic mass is 16.4. The Bertz CT molecular complexity index is 547. The fourth-order valence-electron chi connectivity index (χ4n) is 1.90. The van der Waals surface area contributed by atoms with Gasteiger partial charge in [-0.05, 0) is 18.6 Å². The van der Waals surface area contributed by atoms with Gasteiger partial charge in [0.25, 0.3) is 0 Å². The molecule has 2 rings (SSSR count). The van der Waals surface area contributed by atoms with E-state index in [9.17, 15) is 0 Å². The number of amidine groups is 1. The van der Waals surface area contributed by atoms with E-state index in [0.29, 0.717) is 11.6 Å². The molecule has 106 valence electrons. The molecule has 0 fully saturated rings. The number of benzene rings is 1. The van der Waals surface area contributed by atoms with Gasteiger partial charge in [0.05, 0.1) is 6.54 Å². The maximum atomic E-state index is 8.60. The van der Waals surface area contributed by atoms with Gasteiger partial charge in [0.1, 0.15) is 0 Å². The fourth-order valence-corrected chi connectivity index (χ4v) is 1.90. The minimum Gasteiger partial charge on any atom is -0.409 e. The second kappa shape index (κ2) is 6.72. The first-order valence-electron chi connectivity index (χ1n) is 6.46. The lowest BCUT2D eigenvalue weighted by Crippen LogP contribution is -2.30. The number of nitrogens with two attached hydrogens (primary N) is 1. The van der Waals surface area contributed by atoms with Gasteiger partial charge in [0.2, 0.25) is 0 Å². The molecular weight excluding hydrogens is 254 g/mol. The number of hydrogen-bond donors (Lipinski definition) is 3. The van der Waals surface area contributed by atoms with Gasteiger partial charge in [0, 0.05) is 30.5 Å². The number of oxime groups is 1. The summed E-state index contributed by atoms with van der Waals surface area (Å²) in [4.78, 5) is 0. The molecular formula is C14H19N5O. The van der Waals surface area contributed by atoms with Crippen LogP contribution in [0, 0.1) is 0 Å². The van der Waals surface area contributed by atoms with Crippen molar-refractivity contribution >= 4 is 5.84 Å². The van der Waals surface area contributed by atoms with Crippen LogP contribution in [-0.2, 0) is 13.1 Å². The second-order valence-electron chi connectivity index (χ2n) is 4.69. The van der Waals surface area contributed by atoms with Crippen LogP contribution >= 0.6 is 0 Å². The Balaban J connectivity index is 1.84. The highest BCUT2D eigenvalue weighted by Crippen LogP contribution is 2.04. The largest absolute Gasteiger partial charge is 0.409 e. The summed E-state index contributed by atoms with van der Waals surface area (Å²) in [5, 5.41) is 19.2. The molecule has 0 spiro atoms. The molecule has 4 N–H and O–H groups in total. The Morgan fingerprint density at radius 3 is 2.80 bits per heavy atom. The van der Waals surface area contributed by atoms with Crippen molar-refractivity contribution < 1.29 is 5.21 Å². The van der Waals surface area contributed by atoms with Crippen LogP contribution in [0.15, 0.2) is 47.9 Å². The molecule has 0 saturated carbocycles. The van der Waals surface area contributed by atoms with Crippen molar-refractivity contribution in [1.29, 1.82) is 0 Å². The maximum absolute atomic E-state index is 8.60. The van der Waals surface area contributed by atoms with E-state index in [4.69, 9.17) is 10.9 Å². The molecule has 6 nitrogen and oxygen atoms in total. The number of nitrogens with zero attached hydrogens (tertiary/aromatic N) is 3. The van der Waals surface area contributed by atoms with Gasteiger partial charge in [-0.15, -0.1) is 0 Å². The monoisotopic (exact) mass is 273 g/mol. The standard InChI is InChI=1S/C14H19N5O/c1-11(10-19-8-2-7-17-19)16-9-12-3-5-13(6-4-12)14(15)18-20/h2-8,11,16,20H,9-10H2,1H3,(H2,15,18). The molecule has 0 saturated heterocycles. The van der Waals surface area contributed by atoms with Crippen LogP contribution < -0.4 is 11.1 Å². The number of hydrogen-bond acceptors (Lipinski definition) is 4. The SMILES string of the molecule is CC(Cn1cccn1)NCc1ccc(C(N)=NO)cc1. The van der Waals surface area contributed by atoms with E-state index in [1.54, 1.807) is 6.20 Å². The van der Waals surface area contributed by atoms with Gasteiger partial charge in [-0.3, -0.25) is 4.68 Å². The predicted molar refractivity (Wildman–Crippen MR) is 77.5 cm³/mol. The Labute approximate surface area is 117 Å². The van der Waals surface area contributed by atoms with Crippen molar-refractivity contribution in [2.75, 3.05) is 0 Å². The lowest BCUT2D eigenvalue weighted by Gasteiger charge is -2.14. The van der Waals surface area contributed by atoms with Gasteiger partial charge in [-0.25, -0.2) is 0 Å². The molecule has 1 heterocycles. The van der Waals surface area contributed by atoms with E-state index in [-0.39, 0.29) is 5.84 Å². The summed E-state index contributed by atoms with van der Waals surface area (Å²) in [5.41, 5.74) is 7.37. The van der Waals surface area contributed by atoms with E-state index in [1.165, 1.54) is 0 Å². The quantitative estimate of drug-likeness (QED) is 0.319. The Kier molecular flexibility index (Phi) is 4.73. The highest BCUT2D eigenvalue weighted by Gasteiger charge is 2.04. The minimum atomic E-state index is 0.122. The molecule has 1 atom stereocenters. The molecule has 0 bridgehead atoms. The van der Waals surface area contributed by atoms with Crippen LogP contribution in [0.2, 0.25) is 0 Å². The molecule has 0 aliphatic heterocycles. The zero-order valence-electron chi connectivity index (χ0n) is 11.4. The van der Waals surface area contributed by atoms with Crippen molar-refractivity contribution in [1.82, 2.24) is 15.1 Å². The van der Waals surface area contributed by atoms with Crippen LogP contribution in [0.3, 0.4) is 0 Å². The van der Waals surface area contributed by atoms with Crippen molar-refractivity contribution in [3.8, 4) is 0 Å². The molecule has 0 radical (unpaired) electrons. The van der Waals surface area contributed by atoms with Gasteiger partial charge in [-0.2, -0.15) is 5.10 Å². The molecule has 1 aromatic carbocycles. The molecule has 0 aliphatic carbocycles. The van der Waals surface area contributed by atoms with Gasteiger partial charge < -0.3 is 16.3 Å². The van der Waals surface area contributed by atoms with Crippen molar-refractivity contribution in [3.05, 3.63) is 53.9 Å². The summed E-state index contributed by atoms with van der Waals surface area (Å²) in [5.74, 6) is 0.122.